The van der Waals surface area contributed by atoms with Crippen LogP contribution in [-0.4, -0.2) is 17.9 Å². The second-order valence-electron chi connectivity index (χ2n) is 2.86. The monoisotopic (exact) mass is 194 g/mol. The van der Waals surface area contributed by atoms with E-state index in [0.29, 0.717) is 0 Å². The fraction of sp³-hybridized carbons (Fsp3) is 0.333. The van der Waals surface area contributed by atoms with E-state index in [2.05, 4.69) is 15.8 Å². The molecular weight excluding hydrogens is 180 g/mol. The maximum Gasteiger partial charge on any atom is 0.236 e. The summed E-state index contributed by atoms with van der Waals surface area (Å²) in [7, 11) is 1.63. The van der Waals surface area contributed by atoms with Crippen LogP contribution in [0, 0.1) is 0 Å². The summed E-state index contributed by atoms with van der Waals surface area (Å²) in [6.45, 7) is 0. The lowest BCUT2D eigenvalue weighted by Gasteiger charge is -2.10. The van der Waals surface area contributed by atoms with Crippen molar-refractivity contribution in [2.24, 2.45) is 5.73 Å². The zero-order valence-corrected chi connectivity index (χ0v) is 8.03. The number of hydrazine groups is 1. The van der Waals surface area contributed by atoms with Crippen molar-refractivity contribution < 1.29 is 4.79 Å². The molecular formula is C9H14N4O. The van der Waals surface area contributed by atoms with Gasteiger partial charge < -0.3 is 5.73 Å². The molecule has 0 radical (unpaired) electrons. The summed E-state index contributed by atoms with van der Waals surface area (Å²) >= 11 is 0. The number of carbonyl (C=O) groups excluding carboxylic acids is 1. The molecule has 14 heavy (non-hydrogen) atoms. The number of amides is 1. The van der Waals surface area contributed by atoms with Gasteiger partial charge in [-0.05, 0) is 12.1 Å². The highest BCUT2D eigenvalue weighted by Crippen LogP contribution is 2.09. The first kappa shape index (κ1) is 10.6. The molecule has 0 aliphatic carbocycles. The van der Waals surface area contributed by atoms with E-state index in [-0.39, 0.29) is 18.4 Å². The molecule has 1 aromatic heterocycles. The Balaban J connectivity index is 2.50. The minimum absolute atomic E-state index is 0.148. The highest BCUT2D eigenvalue weighted by molar-refractivity contribution is 5.76. The maximum atomic E-state index is 11.1. The van der Waals surface area contributed by atoms with Crippen molar-refractivity contribution in [1.82, 2.24) is 15.8 Å². The molecule has 76 valence electrons. The predicted octanol–water partition coefficient (Wildman–Crippen LogP) is -0.278. The van der Waals surface area contributed by atoms with Crippen LogP contribution < -0.4 is 16.6 Å². The van der Waals surface area contributed by atoms with Gasteiger partial charge in [0.25, 0.3) is 0 Å². The minimum atomic E-state index is -0.357. The molecule has 0 fully saturated rings. The van der Waals surface area contributed by atoms with Gasteiger partial charge in [-0.25, -0.2) is 5.43 Å². The van der Waals surface area contributed by atoms with E-state index in [1.165, 1.54) is 0 Å². The fourth-order valence-electron chi connectivity index (χ4n) is 1.09. The van der Waals surface area contributed by atoms with Crippen LogP contribution in [0.4, 0.5) is 0 Å². The van der Waals surface area contributed by atoms with Crippen molar-refractivity contribution in [1.29, 1.82) is 0 Å². The van der Waals surface area contributed by atoms with Crippen molar-refractivity contribution >= 4 is 5.91 Å². The van der Waals surface area contributed by atoms with Crippen LogP contribution in [0.25, 0.3) is 0 Å². The zero-order chi connectivity index (χ0) is 10.4. The first-order valence-corrected chi connectivity index (χ1v) is 4.36. The minimum Gasteiger partial charge on any atom is -0.322 e. The molecule has 0 saturated heterocycles. The number of hydrogen-bond acceptors (Lipinski definition) is 4. The van der Waals surface area contributed by atoms with Crippen LogP contribution in [0.2, 0.25) is 0 Å². The molecule has 1 heterocycles. The third kappa shape index (κ3) is 3.12. The third-order valence-electron chi connectivity index (χ3n) is 1.74. The lowest BCUT2D eigenvalue weighted by atomic mass is 10.1. The molecule has 1 aromatic rings. The van der Waals surface area contributed by atoms with Crippen LogP contribution in [-0.2, 0) is 4.79 Å². The SMILES string of the molecule is CNNC(=O)CC(N)c1ccccn1. The summed E-state index contributed by atoms with van der Waals surface area (Å²) < 4.78 is 0. The highest BCUT2D eigenvalue weighted by atomic mass is 16.2. The number of pyridine rings is 1. The molecule has 1 atom stereocenters. The topological polar surface area (TPSA) is 80.0 Å². The Morgan fingerprint density at radius 2 is 2.43 bits per heavy atom. The molecule has 4 N–H and O–H groups in total. The van der Waals surface area contributed by atoms with Crippen molar-refractivity contribution in [3.63, 3.8) is 0 Å². The number of nitrogens with zero attached hydrogens (tertiary/aromatic N) is 1. The number of carbonyl (C=O) groups is 1. The summed E-state index contributed by atoms with van der Waals surface area (Å²) in [5, 5.41) is 0. The van der Waals surface area contributed by atoms with E-state index >= 15 is 0 Å². The first-order chi connectivity index (χ1) is 6.74. The van der Waals surface area contributed by atoms with E-state index < -0.39 is 0 Å². The summed E-state index contributed by atoms with van der Waals surface area (Å²) in [4.78, 5) is 15.2. The number of rotatable bonds is 4. The lowest BCUT2D eigenvalue weighted by Crippen LogP contribution is -2.36. The molecule has 0 saturated carbocycles. The number of hydrogen-bond donors (Lipinski definition) is 3. The lowest BCUT2D eigenvalue weighted by molar-refractivity contribution is -0.122. The van der Waals surface area contributed by atoms with Gasteiger partial charge in [0.2, 0.25) is 5.91 Å². The van der Waals surface area contributed by atoms with Crippen molar-refractivity contribution in [2.45, 2.75) is 12.5 Å². The summed E-state index contributed by atoms with van der Waals surface area (Å²) in [5.41, 5.74) is 11.5. The number of nitrogens with one attached hydrogen (secondary N) is 2. The van der Waals surface area contributed by atoms with Gasteiger partial charge in [-0.15, -0.1) is 0 Å². The largest absolute Gasteiger partial charge is 0.322 e. The Morgan fingerprint density at radius 3 is 3.00 bits per heavy atom. The standard InChI is InChI=1S/C9H14N4O/c1-11-13-9(14)6-7(10)8-4-2-3-5-12-8/h2-5,7,11H,6,10H2,1H3,(H,13,14). The second kappa shape index (κ2) is 5.31. The van der Waals surface area contributed by atoms with Crippen molar-refractivity contribution in [2.75, 3.05) is 7.05 Å². The molecule has 5 nitrogen and oxygen atoms in total. The van der Waals surface area contributed by atoms with Gasteiger partial charge >= 0.3 is 0 Å². The molecule has 1 unspecified atom stereocenters. The van der Waals surface area contributed by atoms with Gasteiger partial charge in [0.05, 0.1) is 11.7 Å². The first-order valence-electron chi connectivity index (χ1n) is 4.36. The zero-order valence-electron chi connectivity index (χ0n) is 8.03. The Labute approximate surface area is 82.7 Å². The molecule has 1 amide bonds. The summed E-state index contributed by atoms with van der Waals surface area (Å²) in [5.74, 6) is -0.148. The Kier molecular flexibility index (Phi) is 4.03. The smallest absolute Gasteiger partial charge is 0.236 e. The van der Waals surface area contributed by atoms with E-state index in [4.69, 9.17) is 5.73 Å². The van der Waals surface area contributed by atoms with E-state index in [1.54, 1.807) is 19.3 Å². The van der Waals surface area contributed by atoms with Gasteiger partial charge in [0, 0.05) is 19.7 Å². The number of nitrogens with two attached hydrogens (primary N) is 1. The number of aromatic nitrogens is 1. The average Bonchev–Trinajstić information content (AvgIpc) is 2.19. The molecule has 0 spiro atoms. The third-order valence-corrected chi connectivity index (χ3v) is 1.74. The van der Waals surface area contributed by atoms with Crippen LogP contribution >= 0.6 is 0 Å². The van der Waals surface area contributed by atoms with Crippen LogP contribution in [0.15, 0.2) is 24.4 Å². The van der Waals surface area contributed by atoms with Crippen LogP contribution in [0.3, 0.4) is 0 Å². The second-order valence-corrected chi connectivity index (χ2v) is 2.86. The van der Waals surface area contributed by atoms with E-state index in [1.807, 2.05) is 12.1 Å². The Hall–Kier alpha value is -1.46. The van der Waals surface area contributed by atoms with E-state index in [0.717, 1.165) is 5.69 Å². The van der Waals surface area contributed by atoms with Crippen molar-refractivity contribution in [3.8, 4) is 0 Å². The average molecular weight is 194 g/mol. The predicted molar refractivity (Wildman–Crippen MR) is 53.0 cm³/mol. The van der Waals surface area contributed by atoms with Crippen molar-refractivity contribution in [3.05, 3.63) is 30.1 Å². The molecule has 0 aliphatic rings. The quantitative estimate of drug-likeness (QED) is 0.576. The molecule has 0 aromatic carbocycles. The summed E-state index contributed by atoms with van der Waals surface area (Å²) in [6, 6.07) is 5.10. The fourth-order valence-corrected chi connectivity index (χ4v) is 1.09. The normalized spacial score (nSPS) is 12.1. The molecule has 1 rings (SSSR count). The van der Waals surface area contributed by atoms with Crippen LogP contribution in [0.5, 0.6) is 0 Å². The molecule has 5 heteroatoms. The molecule has 0 aliphatic heterocycles. The summed E-state index contributed by atoms with van der Waals surface area (Å²) in [6.07, 6.45) is 1.88. The van der Waals surface area contributed by atoms with Crippen LogP contribution in [0.1, 0.15) is 18.2 Å². The van der Waals surface area contributed by atoms with Gasteiger partial charge in [0.15, 0.2) is 0 Å². The Morgan fingerprint density at radius 1 is 1.64 bits per heavy atom. The van der Waals surface area contributed by atoms with Gasteiger partial charge in [-0.2, -0.15) is 0 Å². The van der Waals surface area contributed by atoms with Gasteiger partial charge in [0.1, 0.15) is 0 Å². The molecule has 0 bridgehead atoms. The highest BCUT2D eigenvalue weighted by Gasteiger charge is 2.11. The Bertz CT molecular complexity index is 288. The van der Waals surface area contributed by atoms with Gasteiger partial charge in [-0.1, -0.05) is 6.07 Å². The van der Waals surface area contributed by atoms with Gasteiger partial charge in [-0.3, -0.25) is 15.2 Å². The van der Waals surface area contributed by atoms with E-state index in [9.17, 15) is 4.79 Å². The maximum absolute atomic E-state index is 11.1.